The molecule has 17 heavy (non-hydrogen) atoms. The number of ketones is 1. The van der Waals surface area contributed by atoms with Gasteiger partial charge in [0.05, 0.1) is 6.04 Å². The molecule has 0 spiro atoms. The molecule has 0 aliphatic heterocycles. The summed E-state index contributed by atoms with van der Waals surface area (Å²) in [6.45, 7) is 11.7. The third kappa shape index (κ3) is 4.88. The van der Waals surface area contributed by atoms with Crippen LogP contribution in [0.3, 0.4) is 0 Å². The van der Waals surface area contributed by atoms with Crippen molar-refractivity contribution in [2.45, 2.75) is 60.4 Å². The highest BCUT2D eigenvalue weighted by atomic mass is 16.2. The average Bonchev–Trinajstić information content (AvgIpc) is 2.26. The lowest BCUT2D eigenvalue weighted by Crippen LogP contribution is -2.48. The molecule has 0 radical (unpaired) electrons. The van der Waals surface area contributed by atoms with E-state index in [1.54, 1.807) is 0 Å². The summed E-state index contributed by atoms with van der Waals surface area (Å²) in [5.41, 5.74) is 0. The summed E-state index contributed by atoms with van der Waals surface area (Å²) in [6.07, 6.45) is 1.64. The van der Waals surface area contributed by atoms with Gasteiger partial charge in [-0.05, 0) is 18.8 Å². The second kappa shape index (κ2) is 7.46. The van der Waals surface area contributed by atoms with E-state index in [2.05, 4.69) is 5.32 Å². The Morgan fingerprint density at radius 1 is 1.00 bits per heavy atom. The predicted octanol–water partition coefficient (Wildman–Crippen LogP) is 2.79. The minimum Gasteiger partial charge on any atom is -0.346 e. The van der Waals surface area contributed by atoms with Crippen LogP contribution in [0.1, 0.15) is 54.4 Å². The Bertz CT molecular complexity index is 255. The molecule has 100 valence electrons. The number of amides is 1. The third-order valence-electron chi connectivity index (χ3n) is 3.20. The number of Topliss-reactive ketones (excluding diaryl/α,β-unsaturated/α-hetero) is 1. The highest BCUT2D eigenvalue weighted by Crippen LogP contribution is 2.13. The standard InChI is InChI=1S/C14H27NO2/c1-7-11(8-2)14(17)15-12(9(3)4)13(16)10(5)6/h9-12H,7-8H2,1-6H3,(H,15,17). The average molecular weight is 241 g/mol. The lowest BCUT2D eigenvalue weighted by atomic mass is 9.92. The van der Waals surface area contributed by atoms with Crippen LogP contribution in [0.15, 0.2) is 0 Å². The van der Waals surface area contributed by atoms with Crippen LogP contribution in [0.4, 0.5) is 0 Å². The van der Waals surface area contributed by atoms with Gasteiger partial charge in [0.25, 0.3) is 0 Å². The van der Waals surface area contributed by atoms with Crippen molar-refractivity contribution < 1.29 is 9.59 Å². The van der Waals surface area contributed by atoms with Gasteiger partial charge in [-0.25, -0.2) is 0 Å². The first-order chi connectivity index (χ1) is 7.84. The monoisotopic (exact) mass is 241 g/mol. The summed E-state index contributed by atoms with van der Waals surface area (Å²) >= 11 is 0. The van der Waals surface area contributed by atoms with E-state index in [-0.39, 0.29) is 35.5 Å². The molecular weight excluding hydrogens is 214 g/mol. The van der Waals surface area contributed by atoms with Gasteiger partial charge < -0.3 is 5.32 Å². The molecule has 3 heteroatoms. The van der Waals surface area contributed by atoms with Crippen molar-refractivity contribution >= 4 is 11.7 Å². The van der Waals surface area contributed by atoms with Crippen LogP contribution in [0, 0.1) is 17.8 Å². The highest BCUT2D eigenvalue weighted by molar-refractivity contribution is 5.91. The summed E-state index contributed by atoms with van der Waals surface area (Å²) < 4.78 is 0. The second-order valence-corrected chi connectivity index (χ2v) is 5.30. The first-order valence-electron chi connectivity index (χ1n) is 6.69. The summed E-state index contributed by atoms with van der Waals surface area (Å²) in [7, 11) is 0. The zero-order valence-electron chi connectivity index (χ0n) is 12.0. The van der Waals surface area contributed by atoms with Crippen molar-refractivity contribution in [3.05, 3.63) is 0 Å². The van der Waals surface area contributed by atoms with Crippen molar-refractivity contribution in [2.75, 3.05) is 0 Å². The summed E-state index contributed by atoms with van der Waals surface area (Å²) in [4.78, 5) is 24.0. The van der Waals surface area contributed by atoms with E-state index in [1.807, 2.05) is 41.5 Å². The lowest BCUT2D eigenvalue weighted by molar-refractivity contribution is -0.132. The van der Waals surface area contributed by atoms with Crippen molar-refractivity contribution in [1.82, 2.24) is 5.32 Å². The van der Waals surface area contributed by atoms with Gasteiger partial charge in [-0.15, -0.1) is 0 Å². The number of rotatable bonds is 7. The van der Waals surface area contributed by atoms with E-state index < -0.39 is 0 Å². The van der Waals surface area contributed by atoms with Crippen LogP contribution in [0.25, 0.3) is 0 Å². The maximum Gasteiger partial charge on any atom is 0.223 e. The zero-order chi connectivity index (χ0) is 13.6. The summed E-state index contributed by atoms with van der Waals surface area (Å²) in [6, 6.07) is -0.344. The van der Waals surface area contributed by atoms with Gasteiger partial charge in [0.15, 0.2) is 5.78 Å². The SMILES string of the molecule is CCC(CC)C(=O)NC(C(=O)C(C)C)C(C)C. The minimum absolute atomic E-state index is 0.0164. The van der Waals surface area contributed by atoms with Gasteiger partial charge in [0, 0.05) is 11.8 Å². The molecule has 1 atom stereocenters. The Morgan fingerprint density at radius 2 is 1.47 bits per heavy atom. The molecule has 0 aromatic heterocycles. The van der Waals surface area contributed by atoms with E-state index >= 15 is 0 Å². The smallest absolute Gasteiger partial charge is 0.223 e. The molecule has 0 saturated carbocycles. The van der Waals surface area contributed by atoms with E-state index in [1.165, 1.54) is 0 Å². The Kier molecular flexibility index (Phi) is 7.09. The maximum atomic E-state index is 12.0. The first-order valence-corrected chi connectivity index (χ1v) is 6.69. The molecule has 0 aromatic carbocycles. The number of hydrogen-bond donors (Lipinski definition) is 1. The number of carbonyl (C=O) groups excluding carboxylic acids is 2. The van der Waals surface area contributed by atoms with Crippen LogP contribution >= 0.6 is 0 Å². The fraction of sp³-hybridized carbons (Fsp3) is 0.857. The molecule has 0 saturated heterocycles. The molecule has 1 amide bonds. The molecular formula is C14H27NO2. The van der Waals surface area contributed by atoms with Crippen LogP contribution < -0.4 is 5.32 Å². The fourth-order valence-electron chi connectivity index (χ4n) is 1.86. The molecule has 0 heterocycles. The summed E-state index contributed by atoms with van der Waals surface area (Å²) in [5, 5.41) is 2.91. The Balaban J connectivity index is 4.66. The van der Waals surface area contributed by atoms with Crippen molar-refractivity contribution in [1.29, 1.82) is 0 Å². The van der Waals surface area contributed by atoms with E-state index in [4.69, 9.17) is 0 Å². The predicted molar refractivity (Wildman–Crippen MR) is 70.7 cm³/mol. The van der Waals surface area contributed by atoms with Crippen molar-refractivity contribution in [3.63, 3.8) is 0 Å². The molecule has 0 aliphatic rings. The number of hydrogen-bond acceptors (Lipinski definition) is 2. The molecule has 0 aliphatic carbocycles. The number of carbonyl (C=O) groups is 2. The van der Waals surface area contributed by atoms with E-state index in [0.29, 0.717) is 0 Å². The van der Waals surface area contributed by atoms with Gasteiger partial charge in [-0.2, -0.15) is 0 Å². The molecule has 1 N–H and O–H groups in total. The Morgan fingerprint density at radius 3 is 1.76 bits per heavy atom. The maximum absolute atomic E-state index is 12.0. The Hall–Kier alpha value is -0.860. The topological polar surface area (TPSA) is 46.2 Å². The molecule has 0 rings (SSSR count). The highest BCUT2D eigenvalue weighted by Gasteiger charge is 2.27. The molecule has 0 bridgehead atoms. The molecule has 0 fully saturated rings. The van der Waals surface area contributed by atoms with Gasteiger partial charge >= 0.3 is 0 Å². The number of nitrogens with one attached hydrogen (secondary N) is 1. The molecule has 3 nitrogen and oxygen atoms in total. The summed E-state index contributed by atoms with van der Waals surface area (Å²) in [5.74, 6) is 0.269. The second-order valence-electron chi connectivity index (χ2n) is 5.30. The molecule has 0 aromatic rings. The normalized spacial score (nSPS) is 13.2. The minimum atomic E-state index is -0.344. The lowest BCUT2D eigenvalue weighted by Gasteiger charge is -2.25. The van der Waals surface area contributed by atoms with Gasteiger partial charge in [0.1, 0.15) is 0 Å². The third-order valence-corrected chi connectivity index (χ3v) is 3.20. The van der Waals surface area contributed by atoms with Gasteiger partial charge in [-0.1, -0.05) is 41.5 Å². The van der Waals surface area contributed by atoms with E-state index in [0.717, 1.165) is 12.8 Å². The zero-order valence-corrected chi connectivity index (χ0v) is 12.0. The van der Waals surface area contributed by atoms with Crippen LogP contribution in [-0.4, -0.2) is 17.7 Å². The largest absolute Gasteiger partial charge is 0.346 e. The van der Waals surface area contributed by atoms with Gasteiger partial charge in [0.2, 0.25) is 5.91 Å². The Labute approximate surface area is 105 Å². The van der Waals surface area contributed by atoms with Crippen molar-refractivity contribution in [2.24, 2.45) is 17.8 Å². The quantitative estimate of drug-likeness (QED) is 0.745. The van der Waals surface area contributed by atoms with E-state index in [9.17, 15) is 9.59 Å². The van der Waals surface area contributed by atoms with Gasteiger partial charge in [-0.3, -0.25) is 9.59 Å². The fourth-order valence-corrected chi connectivity index (χ4v) is 1.86. The van der Waals surface area contributed by atoms with Crippen LogP contribution in [0.5, 0.6) is 0 Å². The van der Waals surface area contributed by atoms with Crippen LogP contribution in [0.2, 0.25) is 0 Å². The van der Waals surface area contributed by atoms with Crippen LogP contribution in [-0.2, 0) is 9.59 Å². The first kappa shape index (κ1) is 16.1. The van der Waals surface area contributed by atoms with Crippen molar-refractivity contribution in [3.8, 4) is 0 Å². The molecule has 1 unspecified atom stereocenters.